The van der Waals surface area contributed by atoms with Gasteiger partial charge in [-0.3, -0.25) is 4.79 Å². The molecule has 1 aliphatic heterocycles. The highest BCUT2D eigenvalue weighted by Crippen LogP contribution is 2.28. The molecule has 0 spiro atoms. The lowest BCUT2D eigenvalue weighted by molar-refractivity contribution is -0.123. The Morgan fingerprint density at radius 2 is 2.06 bits per heavy atom. The molecule has 2 N–H and O–H groups in total. The van der Waals surface area contributed by atoms with Crippen molar-refractivity contribution in [3.63, 3.8) is 0 Å². The normalized spacial score (nSPS) is 24.4. The van der Waals surface area contributed by atoms with E-state index < -0.39 is 0 Å². The molecule has 0 aromatic rings. The zero-order valence-electron chi connectivity index (χ0n) is 12.0. The smallest absolute Gasteiger partial charge is 0.220 e. The maximum absolute atomic E-state index is 11.9. The highest BCUT2D eigenvalue weighted by Gasteiger charge is 2.26. The molecule has 1 aliphatic rings. The first kappa shape index (κ1) is 14.5. The van der Waals surface area contributed by atoms with Crippen molar-refractivity contribution in [3.05, 3.63) is 0 Å². The van der Waals surface area contributed by atoms with Gasteiger partial charge in [-0.05, 0) is 43.7 Å². The van der Waals surface area contributed by atoms with Gasteiger partial charge in [0.15, 0.2) is 0 Å². The van der Waals surface area contributed by atoms with Gasteiger partial charge >= 0.3 is 0 Å². The lowest BCUT2D eigenvalue weighted by atomic mass is 9.80. The second-order valence-corrected chi connectivity index (χ2v) is 6.58. The zero-order valence-corrected chi connectivity index (χ0v) is 12.0. The number of hydrogen-bond acceptors (Lipinski definition) is 2. The van der Waals surface area contributed by atoms with E-state index in [0.29, 0.717) is 24.3 Å². The van der Waals surface area contributed by atoms with Crippen molar-refractivity contribution in [2.24, 2.45) is 17.3 Å². The molecule has 0 aromatic carbocycles. The predicted molar refractivity (Wildman–Crippen MR) is 71.8 cm³/mol. The van der Waals surface area contributed by atoms with Gasteiger partial charge in [0.1, 0.15) is 0 Å². The van der Waals surface area contributed by atoms with Gasteiger partial charge in [0.2, 0.25) is 5.91 Å². The van der Waals surface area contributed by atoms with E-state index in [1.54, 1.807) is 0 Å². The van der Waals surface area contributed by atoms with Crippen LogP contribution in [0.2, 0.25) is 0 Å². The van der Waals surface area contributed by atoms with Gasteiger partial charge in [0, 0.05) is 12.5 Å². The number of carbonyl (C=O) groups is 1. The van der Waals surface area contributed by atoms with Crippen LogP contribution in [0.3, 0.4) is 0 Å². The summed E-state index contributed by atoms with van der Waals surface area (Å²) in [6, 6.07) is 0.296. The molecule has 0 saturated carbocycles. The minimum absolute atomic E-state index is 0.201. The van der Waals surface area contributed by atoms with Crippen molar-refractivity contribution in [2.45, 2.75) is 53.5 Å². The van der Waals surface area contributed by atoms with Crippen LogP contribution in [0.25, 0.3) is 0 Å². The average molecular weight is 240 g/mol. The summed E-state index contributed by atoms with van der Waals surface area (Å²) in [5.74, 6) is 1.21. The van der Waals surface area contributed by atoms with Crippen molar-refractivity contribution >= 4 is 5.91 Å². The number of amides is 1. The topological polar surface area (TPSA) is 41.1 Å². The van der Waals surface area contributed by atoms with E-state index >= 15 is 0 Å². The van der Waals surface area contributed by atoms with Gasteiger partial charge in [-0.25, -0.2) is 0 Å². The summed E-state index contributed by atoms with van der Waals surface area (Å²) >= 11 is 0. The molecule has 1 saturated heterocycles. The first-order chi connectivity index (χ1) is 7.80. The van der Waals surface area contributed by atoms with E-state index in [1.165, 1.54) is 6.42 Å². The largest absolute Gasteiger partial charge is 0.353 e. The molecule has 0 aromatic heterocycles. The molecule has 1 amide bonds. The Morgan fingerprint density at radius 1 is 1.41 bits per heavy atom. The summed E-state index contributed by atoms with van der Waals surface area (Å²) in [5, 5.41) is 6.49. The van der Waals surface area contributed by atoms with E-state index in [2.05, 4.69) is 45.3 Å². The quantitative estimate of drug-likeness (QED) is 0.791. The lowest BCUT2D eigenvalue weighted by Gasteiger charge is -2.28. The number of rotatable bonds is 4. The van der Waals surface area contributed by atoms with Gasteiger partial charge < -0.3 is 10.6 Å². The molecule has 3 nitrogen and oxygen atoms in total. The third-order valence-electron chi connectivity index (χ3n) is 4.16. The Hall–Kier alpha value is -0.570. The zero-order chi connectivity index (χ0) is 13.1. The molecule has 100 valence electrons. The van der Waals surface area contributed by atoms with Crippen LogP contribution < -0.4 is 10.6 Å². The molecule has 3 atom stereocenters. The van der Waals surface area contributed by atoms with Crippen molar-refractivity contribution in [1.29, 1.82) is 0 Å². The molecule has 3 unspecified atom stereocenters. The van der Waals surface area contributed by atoms with E-state index in [0.717, 1.165) is 13.1 Å². The van der Waals surface area contributed by atoms with Crippen LogP contribution in [-0.2, 0) is 4.79 Å². The minimum Gasteiger partial charge on any atom is -0.353 e. The average Bonchev–Trinajstić information content (AvgIpc) is 2.68. The summed E-state index contributed by atoms with van der Waals surface area (Å²) in [7, 11) is 0. The van der Waals surface area contributed by atoms with Gasteiger partial charge in [-0.1, -0.05) is 27.7 Å². The van der Waals surface area contributed by atoms with Crippen molar-refractivity contribution in [2.75, 3.05) is 13.1 Å². The van der Waals surface area contributed by atoms with E-state index in [4.69, 9.17) is 0 Å². The second-order valence-electron chi connectivity index (χ2n) is 6.58. The third kappa shape index (κ3) is 4.66. The molecule has 17 heavy (non-hydrogen) atoms. The van der Waals surface area contributed by atoms with Gasteiger partial charge in [0.05, 0.1) is 0 Å². The molecular formula is C14H28N2O. The molecule has 0 aliphatic carbocycles. The predicted octanol–water partition coefficient (Wildman–Crippen LogP) is 2.17. The fourth-order valence-electron chi connectivity index (χ4n) is 2.12. The highest BCUT2D eigenvalue weighted by molar-refractivity contribution is 5.76. The molecule has 1 heterocycles. The lowest BCUT2D eigenvalue weighted by Crippen LogP contribution is -2.40. The fourth-order valence-corrected chi connectivity index (χ4v) is 2.12. The first-order valence-electron chi connectivity index (χ1n) is 6.80. The molecular weight excluding hydrogens is 212 g/mol. The maximum Gasteiger partial charge on any atom is 0.220 e. The summed E-state index contributed by atoms with van der Waals surface area (Å²) in [4.78, 5) is 11.9. The summed E-state index contributed by atoms with van der Waals surface area (Å²) in [5.41, 5.74) is 0.204. The SMILES string of the molecule is CC(NC(=O)CC(C)C(C)(C)C)C1CCNC1. The molecule has 0 bridgehead atoms. The van der Waals surface area contributed by atoms with E-state index in [9.17, 15) is 4.79 Å². The van der Waals surface area contributed by atoms with Crippen molar-refractivity contribution < 1.29 is 4.79 Å². The fraction of sp³-hybridized carbons (Fsp3) is 0.929. The van der Waals surface area contributed by atoms with Gasteiger partial charge in [-0.2, -0.15) is 0 Å². The van der Waals surface area contributed by atoms with Crippen LogP contribution in [0.4, 0.5) is 0 Å². The highest BCUT2D eigenvalue weighted by atomic mass is 16.1. The van der Waals surface area contributed by atoms with Crippen LogP contribution in [0.15, 0.2) is 0 Å². The van der Waals surface area contributed by atoms with Crippen LogP contribution in [-0.4, -0.2) is 25.0 Å². The Labute approximate surface area is 106 Å². The minimum atomic E-state index is 0.201. The Morgan fingerprint density at radius 3 is 2.53 bits per heavy atom. The number of carbonyl (C=O) groups excluding carboxylic acids is 1. The Kier molecular flexibility index (Phi) is 4.99. The van der Waals surface area contributed by atoms with Crippen LogP contribution in [0, 0.1) is 17.3 Å². The summed E-state index contributed by atoms with van der Waals surface area (Å²) in [6.07, 6.45) is 1.81. The van der Waals surface area contributed by atoms with Gasteiger partial charge in [-0.15, -0.1) is 0 Å². The van der Waals surface area contributed by atoms with Crippen molar-refractivity contribution in [1.82, 2.24) is 10.6 Å². The third-order valence-corrected chi connectivity index (χ3v) is 4.16. The standard InChI is InChI=1S/C14H28N2O/c1-10(14(3,4)5)8-13(17)16-11(2)12-6-7-15-9-12/h10-12,15H,6-9H2,1-5H3,(H,16,17). The van der Waals surface area contributed by atoms with Crippen LogP contribution in [0.5, 0.6) is 0 Å². The molecule has 1 fully saturated rings. The monoisotopic (exact) mass is 240 g/mol. The summed E-state index contributed by atoms with van der Waals surface area (Å²) in [6.45, 7) is 13.0. The first-order valence-corrected chi connectivity index (χ1v) is 6.80. The summed E-state index contributed by atoms with van der Waals surface area (Å²) < 4.78 is 0. The van der Waals surface area contributed by atoms with Crippen molar-refractivity contribution in [3.8, 4) is 0 Å². The number of nitrogens with one attached hydrogen (secondary N) is 2. The maximum atomic E-state index is 11.9. The van der Waals surface area contributed by atoms with E-state index in [1.807, 2.05) is 0 Å². The molecule has 3 heteroatoms. The Balaban J connectivity index is 2.33. The molecule has 1 rings (SSSR count). The van der Waals surface area contributed by atoms with Crippen LogP contribution >= 0.6 is 0 Å². The van der Waals surface area contributed by atoms with Crippen LogP contribution in [0.1, 0.15) is 47.5 Å². The Bertz CT molecular complexity index is 251. The number of hydrogen-bond donors (Lipinski definition) is 2. The van der Waals surface area contributed by atoms with E-state index in [-0.39, 0.29) is 11.3 Å². The second kappa shape index (κ2) is 5.85. The molecule has 0 radical (unpaired) electrons. The van der Waals surface area contributed by atoms with Gasteiger partial charge in [0.25, 0.3) is 0 Å².